The van der Waals surface area contributed by atoms with E-state index in [1.54, 1.807) is 0 Å². The average molecular weight is 863 g/mol. The third-order valence-corrected chi connectivity index (χ3v) is 12.5. The van der Waals surface area contributed by atoms with Crippen LogP contribution in [0.5, 0.6) is 0 Å². The molecule has 0 bridgehead atoms. The number of carbonyl (C=O) groups is 3. The molecule has 0 fully saturated rings. The summed E-state index contributed by atoms with van der Waals surface area (Å²) in [6.45, 7) is 9.04. The second-order valence-corrected chi connectivity index (χ2v) is 19.3. The minimum Gasteiger partial charge on any atom is -0.462 e. The fourth-order valence-corrected chi connectivity index (χ4v) is 8.39. The van der Waals surface area contributed by atoms with Gasteiger partial charge in [-0.2, -0.15) is 0 Å². The summed E-state index contributed by atoms with van der Waals surface area (Å²) in [6.07, 6.45) is 52.3. The second kappa shape index (κ2) is 49.4. The molecular weight excluding hydrogens is 757 g/mol. The minimum absolute atomic E-state index is 0.0622. The summed E-state index contributed by atoms with van der Waals surface area (Å²) < 4.78 is 16.9. The topological polar surface area (TPSA) is 78.9 Å². The summed E-state index contributed by atoms with van der Waals surface area (Å²) in [4.78, 5) is 38.0. The molecule has 0 aromatic carbocycles. The molecule has 1 atom stereocenters. The van der Waals surface area contributed by atoms with Crippen LogP contribution in [0, 0.1) is 5.92 Å². The van der Waals surface area contributed by atoms with Crippen LogP contribution < -0.4 is 0 Å². The normalized spacial score (nSPS) is 12.0. The maximum Gasteiger partial charge on any atom is 0.306 e. The predicted molar refractivity (Wildman–Crippen MR) is 261 cm³/mol. The molecule has 0 heterocycles. The van der Waals surface area contributed by atoms with E-state index in [0.717, 1.165) is 63.7 Å². The van der Waals surface area contributed by atoms with Gasteiger partial charge in [0.2, 0.25) is 0 Å². The average Bonchev–Trinajstić information content (AvgIpc) is 3.24. The lowest BCUT2D eigenvalue weighted by atomic mass is 10.0. The van der Waals surface area contributed by atoms with Crippen molar-refractivity contribution in [1.82, 2.24) is 0 Å². The highest BCUT2D eigenvalue weighted by molar-refractivity contribution is 5.71. The Labute approximate surface area is 380 Å². The Morgan fingerprint density at radius 1 is 0.311 bits per heavy atom. The SMILES string of the molecule is CCCCCCCCCCCCCCCCCC(=O)O[C@H](COC(=O)CCCCCCCCCCCCCCCC)COC(=O)CCCCCCCCCCCCCC(C)C. The maximum absolute atomic E-state index is 12.8. The first-order valence-corrected chi connectivity index (χ1v) is 27.4. The van der Waals surface area contributed by atoms with Gasteiger partial charge in [0.1, 0.15) is 13.2 Å². The van der Waals surface area contributed by atoms with Crippen molar-refractivity contribution in [3.8, 4) is 0 Å². The van der Waals surface area contributed by atoms with E-state index >= 15 is 0 Å². The highest BCUT2D eigenvalue weighted by atomic mass is 16.6. The van der Waals surface area contributed by atoms with Gasteiger partial charge >= 0.3 is 17.9 Å². The summed E-state index contributed by atoms with van der Waals surface area (Å²) in [6, 6.07) is 0. The molecule has 0 aliphatic heterocycles. The predicted octanol–water partition coefficient (Wildman–Crippen LogP) is 17.8. The van der Waals surface area contributed by atoms with Crippen LogP contribution in [-0.2, 0) is 28.6 Å². The summed E-state index contributed by atoms with van der Waals surface area (Å²) in [5, 5.41) is 0. The molecule has 0 aliphatic carbocycles. The Bertz CT molecular complexity index is 918. The van der Waals surface area contributed by atoms with E-state index in [9.17, 15) is 14.4 Å². The number of unbranched alkanes of at least 4 members (excludes halogenated alkanes) is 37. The lowest BCUT2D eigenvalue weighted by Crippen LogP contribution is -2.30. The van der Waals surface area contributed by atoms with Gasteiger partial charge < -0.3 is 14.2 Å². The highest BCUT2D eigenvalue weighted by Gasteiger charge is 2.19. The van der Waals surface area contributed by atoms with Crippen LogP contribution in [0.25, 0.3) is 0 Å². The zero-order chi connectivity index (χ0) is 44.5. The minimum atomic E-state index is -0.761. The summed E-state index contributed by atoms with van der Waals surface area (Å²) in [5.41, 5.74) is 0. The van der Waals surface area contributed by atoms with Crippen molar-refractivity contribution >= 4 is 17.9 Å². The number of ether oxygens (including phenoxy) is 3. The van der Waals surface area contributed by atoms with Crippen LogP contribution in [0.2, 0.25) is 0 Å². The van der Waals surface area contributed by atoms with Crippen molar-refractivity contribution in [3.05, 3.63) is 0 Å². The number of hydrogen-bond donors (Lipinski definition) is 0. The van der Waals surface area contributed by atoms with Crippen LogP contribution in [0.3, 0.4) is 0 Å². The van der Waals surface area contributed by atoms with Gasteiger partial charge in [-0.25, -0.2) is 0 Å². The summed E-state index contributed by atoms with van der Waals surface area (Å²) in [7, 11) is 0. The van der Waals surface area contributed by atoms with E-state index in [4.69, 9.17) is 14.2 Å². The number of carbonyl (C=O) groups excluding carboxylic acids is 3. The van der Waals surface area contributed by atoms with Crippen molar-refractivity contribution in [2.45, 2.75) is 316 Å². The van der Waals surface area contributed by atoms with E-state index < -0.39 is 6.10 Å². The van der Waals surface area contributed by atoms with E-state index in [1.807, 2.05) is 0 Å². The van der Waals surface area contributed by atoms with Crippen LogP contribution in [-0.4, -0.2) is 37.2 Å². The smallest absolute Gasteiger partial charge is 0.306 e. The number of hydrogen-bond acceptors (Lipinski definition) is 6. The van der Waals surface area contributed by atoms with Gasteiger partial charge in [0, 0.05) is 19.3 Å². The molecule has 0 radical (unpaired) electrons. The van der Waals surface area contributed by atoms with E-state index in [2.05, 4.69) is 27.7 Å². The molecule has 61 heavy (non-hydrogen) atoms. The molecule has 0 aromatic rings. The summed E-state index contributed by atoms with van der Waals surface area (Å²) in [5.74, 6) is -0.0124. The van der Waals surface area contributed by atoms with E-state index in [0.29, 0.717) is 19.3 Å². The molecule has 6 heteroatoms. The van der Waals surface area contributed by atoms with Crippen molar-refractivity contribution in [1.29, 1.82) is 0 Å². The maximum atomic E-state index is 12.8. The number of esters is 3. The van der Waals surface area contributed by atoms with Gasteiger partial charge in [-0.1, -0.05) is 272 Å². The fraction of sp³-hybridized carbons (Fsp3) is 0.945. The largest absolute Gasteiger partial charge is 0.462 e. The first-order chi connectivity index (χ1) is 29.9. The van der Waals surface area contributed by atoms with Gasteiger partial charge in [0.05, 0.1) is 0 Å². The van der Waals surface area contributed by atoms with Crippen LogP contribution in [0.4, 0.5) is 0 Å². The first kappa shape index (κ1) is 59.4. The molecule has 0 aliphatic rings. The summed E-state index contributed by atoms with van der Waals surface area (Å²) >= 11 is 0. The molecule has 0 aromatic heterocycles. The highest BCUT2D eigenvalue weighted by Crippen LogP contribution is 2.17. The molecule has 0 spiro atoms. The zero-order valence-corrected chi connectivity index (χ0v) is 41.6. The van der Waals surface area contributed by atoms with Crippen LogP contribution in [0.15, 0.2) is 0 Å². The molecule has 0 unspecified atom stereocenters. The molecule has 362 valence electrons. The Morgan fingerprint density at radius 3 is 0.803 bits per heavy atom. The Balaban J connectivity index is 4.31. The lowest BCUT2D eigenvalue weighted by Gasteiger charge is -2.18. The van der Waals surface area contributed by atoms with Gasteiger partial charge in [-0.15, -0.1) is 0 Å². The number of rotatable bonds is 50. The Morgan fingerprint density at radius 2 is 0.541 bits per heavy atom. The van der Waals surface area contributed by atoms with Gasteiger partial charge in [0.15, 0.2) is 6.10 Å². The van der Waals surface area contributed by atoms with Gasteiger partial charge in [0.25, 0.3) is 0 Å². The van der Waals surface area contributed by atoms with Crippen molar-refractivity contribution in [2.24, 2.45) is 5.92 Å². The Hall–Kier alpha value is -1.59. The van der Waals surface area contributed by atoms with Crippen molar-refractivity contribution < 1.29 is 28.6 Å². The molecule has 0 N–H and O–H groups in total. The van der Waals surface area contributed by atoms with Crippen molar-refractivity contribution in [3.63, 3.8) is 0 Å². The molecule has 0 saturated carbocycles. The molecule has 6 nitrogen and oxygen atoms in total. The van der Waals surface area contributed by atoms with E-state index in [-0.39, 0.29) is 31.1 Å². The molecule has 0 amide bonds. The fourth-order valence-electron chi connectivity index (χ4n) is 8.39. The van der Waals surface area contributed by atoms with Crippen LogP contribution in [0.1, 0.15) is 310 Å². The Kier molecular flexibility index (Phi) is 48.1. The zero-order valence-electron chi connectivity index (χ0n) is 41.6. The quantitative estimate of drug-likeness (QED) is 0.0344. The van der Waals surface area contributed by atoms with Gasteiger partial charge in [-0.3, -0.25) is 14.4 Å². The molecular formula is C55H106O6. The third kappa shape index (κ3) is 49.3. The monoisotopic (exact) mass is 863 g/mol. The van der Waals surface area contributed by atoms with Crippen LogP contribution >= 0.6 is 0 Å². The third-order valence-electron chi connectivity index (χ3n) is 12.5. The standard InChI is InChI=1S/C55H106O6/c1-5-7-9-11-13-15-17-19-21-23-27-32-36-40-44-48-55(58)61-52(49-59-53(56)46-42-38-34-30-26-22-20-18-16-14-12-10-8-6-2)50-60-54(57)47-43-39-35-31-28-24-25-29-33-37-41-45-51(3)4/h51-52H,5-50H2,1-4H3/t52-/m1/s1. The molecule has 0 rings (SSSR count). The lowest BCUT2D eigenvalue weighted by molar-refractivity contribution is -0.167. The second-order valence-electron chi connectivity index (χ2n) is 19.3. The first-order valence-electron chi connectivity index (χ1n) is 27.4. The van der Waals surface area contributed by atoms with Crippen molar-refractivity contribution in [2.75, 3.05) is 13.2 Å². The van der Waals surface area contributed by atoms with E-state index in [1.165, 1.54) is 205 Å². The van der Waals surface area contributed by atoms with Gasteiger partial charge in [-0.05, 0) is 25.2 Å². The molecule has 0 saturated heterocycles.